The van der Waals surface area contributed by atoms with Crippen molar-refractivity contribution in [2.45, 2.75) is 51.2 Å². The molecule has 4 unspecified atom stereocenters. The van der Waals surface area contributed by atoms with E-state index in [0.29, 0.717) is 21.2 Å². The molecule has 1 heterocycles. The minimum Gasteiger partial charge on any atom is -0.448 e. The summed E-state index contributed by atoms with van der Waals surface area (Å²) in [5.74, 6) is -0.704. The van der Waals surface area contributed by atoms with Gasteiger partial charge in [0, 0.05) is 6.16 Å². The first-order valence-electron chi connectivity index (χ1n) is 7.45. The van der Waals surface area contributed by atoms with Crippen molar-refractivity contribution >= 4 is 29.1 Å². The van der Waals surface area contributed by atoms with E-state index in [0.717, 1.165) is 40.4 Å². The lowest BCUT2D eigenvalue weighted by Gasteiger charge is -2.27. The highest BCUT2D eigenvalue weighted by Gasteiger charge is 2.37. The third kappa shape index (κ3) is 6.50. The maximum Gasteiger partial charge on any atom is 0.348 e. The zero-order valence-electron chi connectivity index (χ0n) is 12.4. The van der Waals surface area contributed by atoms with Crippen molar-refractivity contribution < 1.29 is 19.1 Å². The highest BCUT2D eigenvalue weighted by atomic mass is 31.1. The van der Waals surface area contributed by atoms with Gasteiger partial charge >= 0.3 is 11.9 Å². The van der Waals surface area contributed by atoms with Gasteiger partial charge in [0.1, 0.15) is 0 Å². The van der Waals surface area contributed by atoms with Gasteiger partial charge in [0.25, 0.3) is 0 Å². The fourth-order valence-corrected chi connectivity index (χ4v) is 3.92. The van der Waals surface area contributed by atoms with Crippen molar-refractivity contribution in [3.05, 3.63) is 0 Å². The molecule has 1 aliphatic heterocycles. The van der Waals surface area contributed by atoms with E-state index in [1.807, 2.05) is 0 Å². The largest absolute Gasteiger partial charge is 0.448 e. The van der Waals surface area contributed by atoms with Crippen LogP contribution in [0, 0.1) is 0 Å². The predicted octanol–water partition coefficient (Wildman–Crippen LogP) is 2.78. The number of carbonyl (C=O) groups is 2. The maximum atomic E-state index is 11.8. The Kier molecular flexibility index (Phi) is 9.39. The second-order valence-electron chi connectivity index (χ2n) is 5.01. The Labute approximate surface area is 125 Å². The lowest BCUT2D eigenvalue weighted by molar-refractivity contribution is -0.193. The highest BCUT2D eigenvalue weighted by molar-refractivity contribution is 7.38. The third-order valence-electron chi connectivity index (χ3n) is 3.22. The zero-order valence-corrected chi connectivity index (χ0v) is 14.4. The molecule has 1 fully saturated rings. The first-order valence-corrected chi connectivity index (χ1v) is 10.6. The number of rotatable bonds is 10. The monoisotopic (exact) mass is 320 g/mol. The summed E-state index contributed by atoms with van der Waals surface area (Å²) in [5, 5.41) is 0. The summed E-state index contributed by atoms with van der Waals surface area (Å²) in [6.45, 7) is 4.31. The van der Waals surface area contributed by atoms with E-state index in [1.54, 1.807) is 0 Å². The van der Waals surface area contributed by atoms with Gasteiger partial charge in [-0.3, -0.25) is 0 Å². The van der Waals surface area contributed by atoms with Gasteiger partial charge in [-0.25, -0.2) is 9.59 Å². The average Bonchev–Trinajstić information content (AvgIpc) is 2.44. The predicted molar refractivity (Wildman–Crippen MR) is 85.7 cm³/mol. The first-order chi connectivity index (χ1) is 9.69. The Hall–Kier alpha value is -0.200. The summed E-state index contributed by atoms with van der Waals surface area (Å²) in [7, 11) is 1.60. The molecule has 0 aromatic heterocycles. The number of cyclic esters (lactones) is 2. The van der Waals surface area contributed by atoms with E-state index < -0.39 is 12.2 Å². The molecule has 4 nitrogen and oxygen atoms in total. The molecule has 0 spiro atoms. The van der Waals surface area contributed by atoms with Crippen LogP contribution < -0.4 is 0 Å². The third-order valence-corrected chi connectivity index (χ3v) is 5.44. The minimum atomic E-state index is -0.669. The summed E-state index contributed by atoms with van der Waals surface area (Å²) in [6, 6.07) is 0. The van der Waals surface area contributed by atoms with E-state index >= 15 is 0 Å². The number of esters is 2. The molecule has 6 heteroatoms. The van der Waals surface area contributed by atoms with Gasteiger partial charge in [-0.2, -0.15) is 0 Å². The van der Waals surface area contributed by atoms with Gasteiger partial charge in [0.15, 0.2) is 6.10 Å². The first kappa shape index (κ1) is 17.9. The molecule has 0 aliphatic carbocycles. The molecule has 0 aromatic carbocycles. The van der Waals surface area contributed by atoms with Gasteiger partial charge in [-0.1, -0.05) is 13.3 Å². The van der Waals surface area contributed by atoms with E-state index in [1.165, 1.54) is 6.16 Å². The van der Waals surface area contributed by atoms with Crippen LogP contribution in [0.2, 0.25) is 0 Å². The van der Waals surface area contributed by atoms with Gasteiger partial charge in [-0.05, 0) is 44.7 Å². The van der Waals surface area contributed by atoms with Crippen LogP contribution in [0.4, 0.5) is 0 Å². The molecule has 0 saturated carbocycles. The minimum absolute atomic E-state index is 0.351. The number of carbonyl (C=O) groups excluding carboxylic acids is 2. The van der Waals surface area contributed by atoms with Crippen molar-refractivity contribution in [2.24, 2.45) is 0 Å². The second kappa shape index (κ2) is 10.5. The van der Waals surface area contributed by atoms with E-state index in [9.17, 15) is 9.59 Å². The Morgan fingerprint density at radius 1 is 1.00 bits per heavy atom. The molecule has 0 aromatic rings. The van der Waals surface area contributed by atoms with Gasteiger partial charge in [0.2, 0.25) is 6.10 Å². The summed E-state index contributed by atoms with van der Waals surface area (Å²) in [6.07, 6.45) is 6.47. The summed E-state index contributed by atoms with van der Waals surface area (Å²) in [5.41, 5.74) is 0. The lowest BCUT2D eigenvalue weighted by atomic mass is 10.1. The van der Waals surface area contributed by atoms with Crippen molar-refractivity contribution in [1.29, 1.82) is 0 Å². The van der Waals surface area contributed by atoms with Crippen LogP contribution in [0.1, 0.15) is 39.0 Å². The average molecular weight is 320 g/mol. The summed E-state index contributed by atoms with van der Waals surface area (Å²) >= 11 is 0. The van der Waals surface area contributed by atoms with Crippen molar-refractivity contribution in [3.8, 4) is 0 Å². The zero-order chi connectivity index (χ0) is 14.8. The number of unbranched alkanes of at least 4 members (excludes halogenated alkanes) is 2. The quantitative estimate of drug-likeness (QED) is 0.353. The normalized spacial score (nSPS) is 23.7. The molecule has 1 rings (SSSR count). The van der Waals surface area contributed by atoms with Gasteiger partial charge in [-0.15, -0.1) is 17.2 Å². The van der Waals surface area contributed by atoms with Crippen molar-refractivity contribution in [2.75, 3.05) is 25.2 Å². The Bertz CT molecular complexity index is 280. The Morgan fingerprint density at radius 2 is 1.70 bits per heavy atom. The number of hydrogen-bond donors (Lipinski definition) is 0. The molecule has 1 saturated heterocycles. The molecule has 1 aliphatic rings. The standard InChI is InChI=1S/C14H26O4P2/c1-3-4-9-20-10-12-14(16)17-11(13(15)18-12)7-5-6-8-19-2/h11-12,19-20H,3-10H2,1-2H3. The van der Waals surface area contributed by atoms with Crippen LogP contribution in [-0.2, 0) is 19.1 Å². The van der Waals surface area contributed by atoms with Gasteiger partial charge < -0.3 is 9.47 Å². The molecule has 0 bridgehead atoms. The van der Waals surface area contributed by atoms with E-state index in [4.69, 9.17) is 9.47 Å². The smallest absolute Gasteiger partial charge is 0.348 e. The van der Waals surface area contributed by atoms with Crippen LogP contribution in [0.3, 0.4) is 0 Å². The number of hydrogen-bond acceptors (Lipinski definition) is 4. The van der Waals surface area contributed by atoms with Crippen LogP contribution >= 0.6 is 17.2 Å². The SMILES string of the molecule is CCCCPCC1OC(=O)C(CCCCPC)OC1=O. The Balaban J connectivity index is 2.26. The Morgan fingerprint density at radius 3 is 2.40 bits per heavy atom. The fraction of sp³-hybridized carbons (Fsp3) is 0.857. The summed E-state index contributed by atoms with van der Waals surface area (Å²) in [4.78, 5) is 23.6. The molecule has 116 valence electrons. The molecular weight excluding hydrogens is 294 g/mol. The molecule has 4 atom stereocenters. The van der Waals surface area contributed by atoms with Crippen LogP contribution in [0.25, 0.3) is 0 Å². The molecular formula is C14H26O4P2. The van der Waals surface area contributed by atoms with Crippen LogP contribution in [-0.4, -0.2) is 49.3 Å². The molecule has 0 N–H and O–H groups in total. The van der Waals surface area contributed by atoms with Crippen molar-refractivity contribution in [3.63, 3.8) is 0 Å². The van der Waals surface area contributed by atoms with Gasteiger partial charge in [0.05, 0.1) is 0 Å². The molecule has 0 radical (unpaired) electrons. The topological polar surface area (TPSA) is 52.6 Å². The summed E-state index contributed by atoms with van der Waals surface area (Å²) < 4.78 is 10.5. The molecule has 20 heavy (non-hydrogen) atoms. The lowest BCUT2D eigenvalue weighted by Crippen LogP contribution is -2.45. The molecule has 0 amide bonds. The maximum absolute atomic E-state index is 11.8. The van der Waals surface area contributed by atoms with Crippen LogP contribution in [0.5, 0.6) is 0 Å². The second-order valence-corrected chi connectivity index (χ2v) is 7.62. The van der Waals surface area contributed by atoms with E-state index in [2.05, 4.69) is 13.6 Å². The van der Waals surface area contributed by atoms with Crippen LogP contribution in [0.15, 0.2) is 0 Å². The highest BCUT2D eigenvalue weighted by Crippen LogP contribution is 2.22. The van der Waals surface area contributed by atoms with E-state index in [-0.39, 0.29) is 11.9 Å². The fourth-order valence-electron chi connectivity index (χ4n) is 2.00. The van der Waals surface area contributed by atoms with Crippen molar-refractivity contribution in [1.82, 2.24) is 0 Å². The number of ether oxygens (including phenoxy) is 2.